The molecule has 0 atom stereocenters. The second-order valence-corrected chi connectivity index (χ2v) is 8.49. The maximum absolute atomic E-state index is 13.2. The topological polar surface area (TPSA) is 50.8 Å². The summed E-state index contributed by atoms with van der Waals surface area (Å²) in [6, 6.07) is 8.21. The summed E-state index contributed by atoms with van der Waals surface area (Å²) in [5, 5.41) is 2.08. The van der Waals surface area contributed by atoms with Gasteiger partial charge in [0.05, 0.1) is 17.2 Å². The lowest BCUT2D eigenvalue weighted by Gasteiger charge is -2.30. The zero-order valence-electron chi connectivity index (χ0n) is 18.7. The van der Waals surface area contributed by atoms with Crippen LogP contribution in [0.5, 0.6) is 11.5 Å². The van der Waals surface area contributed by atoms with E-state index < -0.39 is 22.7 Å². The molecule has 1 amide bonds. The fraction of sp³-hybridized carbons (Fsp3) is 0.458. The number of hydrogen-bond donors (Lipinski definition) is 1. The van der Waals surface area contributed by atoms with Crippen LogP contribution in [0.4, 0.5) is 18.9 Å². The summed E-state index contributed by atoms with van der Waals surface area (Å²) in [7, 11) is 0. The third-order valence-corrected chi connectivity index (χ3v) is 5.92. The summed E-state index contributed by atoms with van der Waals surface area (Å²) in [6.45, 7) is 7.46. The van der Waals surface area contributed by atoms with E-state index in [0.717, 1.165) is 50.5 Å². The number of rotatable bonds is 8. The lowest BCUT2D eigenvalue weighted by atomic mass is 9.99. The minimum absolute atomic E-state index is 0.0311. The van der Waals surface area contributed by atoms with Gasteiger partial charge in [-0.2, -0.15) is 13.2 Å². The molecule has 1 saturated heterocycles. The second kappa shape index (κ2) is 11.1. The lowest BCUT2D eigenvalue weighted by Crippen LogP contribution is -2.35. The zero-order valence-corrected chi connectivity index (χ0v) is 19.4. The molecular weight excluding hydrogens is 457 g/mol. The molecule has 1 fully saturated rings. The van der Waals surface area contributed by atoms with E-state index in [4.69, 9.17) is 21.1 Å². The molecule has 0 unspecified atom stereocenters. The first kappa shape index (κ1) is 25.2. The third kappa shape index (κ3) is 6.77. The summed E-state index contributed by atoms with van der Waals surface area (Å²) < 4.78 is 51.1. The van der Waals surface area contributed by atoms with E-state index in [9.17, 15) is 18.0 Å². The molecule has 1 aliphatic heterocycles. The number of carbonyl (C=O) groups excluding carboxylic acids is 1. The van der Waals surface area contributed by atoms with Crippen molar-refractivity contribution in [3.63, 3.8) is 0 Å². The van der Waals surface area contributed by atoms with Gasteiger partial charge in [0.15, 0.2) is 0 Å². The van der Waals surface area contributed by atoms with Gasteiger partial charge in [-0.1, -0.05) is 24.6 Å². The highest BCUT2D eigenvalue weighted by atomic mass is 35.5. The van der Waals surface area contributed by atoms with Crippen LogP contribution in [-0.2, 0) is 6.18 Å². The van der Waals surface area contributed by atoms with Gasteiger partial charge < -0.3 is 14.8 Å². The quantitative estimate of drug-likeness (QED) is 0.490. The van der Waals surface area contributed by atoms with Gasteiger partial charge in [0.1, 0.15) is 23.7 Å². The molecule has 9 heteroatoms. The predicted octanol–water partition coefficient (Wildman–Crippen LogP) is 6.12. The van der Waals surface area contributed by atoms with Crippen molar-refractivity contribution < 1.29 is 27.4 Å². The van der Waals surface area contributed by atoms with E-state index in [1.54, 1.807) is 25.1 Å². The Morgan fingerprint density at radius 2 is 1.82 bits per heavy atom. The zero-order chi connectivity index (χ0) is 24.0. The van der Waals surface area contributed by atoms with Crippen molar-refractivity contribution in [1.29, 1.82) is 0 Å². The predicted molar refractivity (Wildman–Crippen MR) is 122 cm³/mol. The Labute approximate surface area is 196 Å². The monoisotopic (exact) mass is 484 g/mol. The molecule has 1 N–H and O–H groups in total. The molecule has 0 bridgehead atoms. The number of anilines is 1. The van der Waals surface area contributed by atoms with Crippen molar-refractivity contribution in [2.75, 3.05) is 38.2 Å². The molecule has 5 nitrogen and oxygen atoms in total. The summed E-state index contributed by atoms with van der Waals surface area (Å²) in [5.41, 5.74) is -0.918. The Kier molecular flexibility index (Phi) is 8.48. The van der Waals surface area contributed by atoms with Crippen LogP contribution in [0.25, 0.3) is 0 Å². The highest BCUT2D eigenvalue weighted by molar-refractivity contribution is 6.31. The molecule has 1 heterocycles. The molecular formula is C24H28ClF3N2O3. The van der Waals surface area contributed by atoms with Crippen LogP contribution < -0.4 is 14.8 Å². The van der Waals surface area contributed by atoms with E-state index in [0.29, 0.717) is 24.7 Å². The summed E-state index contributed by atoms with van der Waals surface area (Å²) in [5.74, 6) is 0.709. The number of ether oxygens (including phenoxy) is 2. The SMILES string of the molecule is CCOc1cccc(OCCN2CCC(C)CC2)c1C(=O)Nc1ccc(Cl)c(C(F)(F)F)c1. The number of piperidine rings is 1. The van der Waals surface area contributed by atoms with Gasteiger partial charge in [0, 0.05) is 12.2 Å². The van der Waals surface area contributed by atoms with Gasteiger partial charge in [-0.25, -0.2) is 0 Å². The minimum Gasteiger partial charge on any atom is -0.493 e. The maximum atomic E-state index is 13.2. The fourth-order valence-electron chi connectivity index (χ4n) is 3.72. The van der Waals surface area contributed by atoms with Crippen LogP contribution in [0.3, 0.4) is 0 Å². The fourth-order valence-corrected chi connectivity index (χ4v) is 3.94. The first-order valence-electron chi connectivity index (χ1n) is 11.0. The highest BCUT2D eigenvalue weighted by Gasteiger charge is 2.33. The summed E-state index contributed by atoms with van der Waals surface area (Å²) in [4.78, 5) is 15.4. The first-order valence-corrected chi connectivity index (χ1v) is 11.4. The molecule has 2 aromatic carbocycles. The van der Waals surface area contributed by atoms with Crippen molar-refractivity contribution >= 4 is 23.2 Å². The minimum atomic E-state index is -4.64. The van der Waals surface area contributed by atoms with Gasteiger partial charge >= 0.3 is 6.18 Å². The van der Waals surface area contributed by atoms with Gasteiger partial charge in [0.25, 0.3) is 5.91 Å². The number of carbonyl (C=O) groups is 1. The largest absolute Gasteiger partial charge is 0.493 e. The Bertz CT molecular complexity index is 960. The number of hydrogen-bond acceptors (Lipinski definition) is 4. The van der Waals surface area contributed by atoms with Gasteiger partial charge in [0.2, 0.25) is 0 Å². The van der Waals surface area contributed by atoms with Crippen molar-refractivity contribution in [1.82, 2.24) is 4.90 Å². The number of likely N-dealkylation sites (tertiary alicyclic amines) is 1. The van der Waals surface area contributed by atoms with Crippen LogP contribution in [0.15, 0.2) is 36.4 Å². The summed E-state index contributed by atoms with van der Waals surface area (Å²) in [6.07, 6.45) is -2.34. The van der Waals surface area contributed by atoms with Crippen LogP contribution in [0.2, 0.25) is 5.02 Å². The van der Waals surface area contributed by atoms with E-state index >= 15 is 0 Å². The number of nitrogens with one attached hydrogen (secondary N) is 1. The van der Waals surface area contributed by atoms with Crippen LogP contribution >= 0.6 is 11.6 Å². The average Bonchev–Trinajstić information content (AvgIpc) is 2.76. The number of amides is 1. The molecule has 1 aliphatic rings. The first-order chi connectivity index (χ1) is 15.7. The molecule has 0 spiro atoms. The molecule has 0 aromatic heterocycles. The second-order valence-electron chi connectivity index (χ2n) is 8.08. The van der Waals surface area contributed by atoms with E-state index in [1.807, 2.05) is 0 Å². The summed E-state index contributed by atoms with van der Waals surface area (Å²) >= 11 is 5.68. The van der Waals surface area contributed by atoms with Crippen molar-refractivity contribution in [3.05, 3.63) is 52.5 Å². The maximum Gasteiger partial charge on any atom is 0.417 e. The van der Waals surface area contributed by atoms with Crippen LogP contribution in [-0.4, -0.2) is 43.7 Å². The average molecular weight is 485 g/mol. The van der Waals surface area contributed by atoms with Crippen LogP contribution in [0.1, 0.15) is 42.6 Å². The molecule has 180 valence electrons. The Balaban J connectivity index is 1.77. The number of benzene rings is 2. The Hall–Kier alpha value is -2.45. The molecule has 0 saturated carbocycles. The number of halogens is 4. The number of nitrogens with zero attached hydrogens (tertiary/aromatic N) is 1. The van der Waals surface area contributed by atoms with E-state index in [2.05, 4.69) is 17.1 Å². The van der Waals surface area contributed by atoms with Gasteiger partial charge in [-0.3, -0.25) is 9.69 Å². The lowest BCUT2D eigenvalue weighted by molar-refractivity contribution is -0.137. The Morgan fingerprint density at radius 1 is 1.15 bits per heavy atom. The third-order valence-electron chi connectivity index (χ3n) is 5.59. The molecule has 33 heavy (non-hydrogen) atoms. The van der Waals surface area contributed by atoms with Gasteiger partial charge in [-0.15, -0.1) is 0 Å². The molecule has 0 aliphatic carbocycles. The van der Waals surface area contributed by atoms with Crippen molar-refractivity contribution in [3.8, 4) is 11.5 Å². The molecule has 0 radical (unpaired) electrons. The normalized spacial score (nSPS) is 15.3. The molecule has 2 aromatic rings. The van der Waals surface area contributed by atoms with E-state index in [-0.39, 0.29) is 11.3 Å². The Morgan fingerprint density at radius 3 is 2.45 bits per heavy atom. The standard InChI is InChI=1S/C24H28ClF3N2O3/c1-3-32-20-5-4-6-21(33-14-13-30-11-9-16(2)10-12-30)22(20)23(31)29-17-7-8-19(25)18(15-17)24(26,27)28/h4-8,15-16H,3,9-14H2,1-2H3,(H,29,31). The molecule has 3 rings (SSSR count). The van der Waals surface area contributed by atoms with Crippen molar-refractivity contribution in [2.45, 2.75) is 32.9 Å². The van der Waals surface area contributed by atoms with Gasteiger partial charge in [-0.05, 0) is 69.1 Å². The van der Waals surface area contributed by atoms with E-state index in [1.165, 1.54) is 6.07 Å². The smallest absolute Gasteiger partial charge is 0.417 e. The number of alkyl halides is 3. The van der Waals surface area contributed by atoms with Crippen LogP contribution in [0, 0.1) is 5.92 Å². The van der Waals surface area contributed by atoms with Crippen molar-refractivity contribution in [2.24, 2.45) is 5.92 Å². The highest BCUT2D eigenvalue weighted by Crippen LogP contribution is 2.37.